The normalized spacial score (nSPS) is 10.8. The summed E-state index contributed by atoms with van der Waals surface area (Å²) in [5, 5.41) is 5.77. The Morgan fingerprint density at radius 1 is 1.17 bits per heavy atom. The van der Waals surface area contributed by atoms with Crippen LogP contribution in [0.15, 0.2) is 42.6 Å². The van der Waals surface area contributed by atoms with Crippen molar-refractivity contribution in [3.8, 4) is 11.5 Å². The van der Waals surface area contributed by atoms with Crippen molar-refractivity contribution in [2.75, 3.05) is 11.9 Å². The summed E-state index contributed by atoms with van der Waals surface area (Å²) in [6.07, 6.45) is 1.73. The van der Waals surface area contributed by atoms with Gasteiger partial charge in [0.25, 0.3) is 0 Å². The Bertz CT molecular complexity index is 900. The fraction of sp³-hybridized carbons (Fsp3) is 0.188. The summed E-state index contributed by atoms with van der Waals surface area (Å²) >= 11 is 17.6. The van der Waals surface area contributed by atoms with E-state index >= 15 is 0 Å². The van der Waals surface area contributed by atoms with Crippen molar-refractivity contribution < 1.29 is 0 Å². The molecule has 0 aliphatic heterocycles. The molecule has 0 spiro atoms. The maximum Gasteiger partial charge on any atom is 0.199 e. The largest absolute Gasteiger partial charge is 0.355 e. The second kappa shape index (κ2) is 6.93. The number of aromatic nitrogens is 4. The van der Waals surface area contributed by atoms with Gasteiger partial charge in [-0.2, -0.15) is 0 Å². The van der Waals surface area contributed by atoms with Crippen LogP contribution in [0.5, 0.6) is 0 Å². The molecule has 0 bridgehead atoms. The summed E-state index contributed by atoms with van der Waals surface area (Å²) in [5.74, 6) is 0.720. The van der Waals surface area contributed by atoms with Gasteiger partial charge in [-0.05, 0) is 42.5 Å². The second-order valence-electron chi connectivity index (χ2n) is 5.35. The first kappa shape index (κ1) is 17.0. The van der Waals surface area contributed by atoms with Crippen molar-refractivity contribution in [1.29, 1.82) is 0 Å². The lowest BCUT2D eigenvalue weighted by atomic mass is 10.3. The zero-order valence-corrected chi connectivity index (χ0v) is 15.5. The van der Waals surface area contributed by atoms with Crippen LogP contribution < -0.4 is 4.90 Å². The van der Waals surface area contributed by atoms with Gasteiger partial charge in [0.05, 0.1) is 0 Å². The molecule has 0 amide bonds. The monoisotopic (exact) mass is 379 g/mol. The minimum absolute atomic E-state index is 0.468. The molecule has 1 aromatic carbocycles. The Balaban J connectivity index is 1.92. The summed E-state index contributed by atoms with van der Waals surface area (Å²) in [7, 11) is 3.81. The molecule has 3 rings (SSSR count). The van der Waals surface area contributed by atoms with Crippen LogP contribution in [-0.4, -0.2) is 26.4 Å². The van der Waals surface area contributed by atoms with Crippen molar-refractivity contribution in [3.05, 3.63) is 57.4 Å². The Kier molecular flexibility index (Phi) is 4.89. The first-order chi connectivity index (χ1) is 11.5. The van der Waals surface area contributed by atoms with Gasteiger partial charge in [-0.1, -0.05) is 29.3 Å². The molecule has 0 saturated heterocycles. The Hall–Kier alpha value is -1.89. The number of anilines is 1. The summed E-state index contributed by atoms with van der Waals surface area (Å²) in [4.78, 5) is 6.31. The molecule has 0 aliphatic rings. The molecule has 0 atom stereocenters. The zero-order valence-electron chi connectivity index (χ0n) is 13.1. The smallest absolute Gasteiger partial charge is 0.199 e. The Labute approximate surface area is 155 Å². The molecule has 0 N–H and O–H groups in total. The lowest BCUT2D eigenvalue weighted by Crippen LogP contribution is -2.22. The molecule has 0 radical (unpaired) electrons. The van der Waals surface area contributed by atoms with Crippen LogP contribution in [0.1, 0.15) is 0 Å². The van der Waals surface area contributed by atoms with Gasteiger partial charge in [-0.25, -0.2) is 4.68 Å². The minimum atomic E-state index is 0.468. The first-order valence-corrected chi connectivity index (χ1v) is 8.34. The van der Waals surface area contributed by atoms with Crippen LogP contribution in [0.2, 0.25) is 10.0 Å². The molecule has 3 aromatic rings. The van der Waals surface area contributed by atoms with Crippen LogP contribution in [-0.2, 0) is 13.7 Å². The highest BCUT2D eigenvalue weighted by Crippen LogP contribution is 2.25. The molecule has 0 aliphatic carbocycles. The average molecular weight is 380 g/mol. The van der Waals surface area contributed by atoms with Crippen molar-refractivity contribution >= 4 is 41.1 Å². The Morgan fingerprint density at radius 2 is 1.88 bits per heavy atom. The topological polar surface area (TPSA) is 38.9 Å². The number of hydrogen-bond donors (Lipinski definition) is 0. The number of halogens is 2. The molecule has 0 saturated carbocycles. The highest BCUT2D eigenvalue weighted by Gasteiger charge is 2.12. The molecule has 0 unspecified atom stereocenters. The molecular formula is C16H15Cl2N5S. The van der Waals surface area contributed by atoms with Crippen LogP contribution in [0, 0.1) is 4.77 Å². The predicted molar refractivity (Wildman–Crippen MR) is 100 cm³/mol. The van der Waals surface area contributed by atoms with Crippen molar-refractivity contribution in [2.45, 2.75) is 6.67 Å². The van der Waals surface area contributed by atoms with Gasteiger partial charge in [0.1, 0.15) is 12.4 Å². The van der Waals surface area contributed by atoms with E-state index < -0.39 is 0 Å². The van der Waals surface area contributed by atoms with Gasteiger partial charge >= 0.3 is 0 Å². The SMILES string of the molecule is CN(Cn1nc(-c2ccccn2)n(C)c1=S)c1cc(Cl)cc(Cl)c1. The van der Waals surface area contributed by atoms with Gasteiger partial charge < -0.3 is 9.47 Å². The summed E-state index contributed by atoms with van der Waals surface area (Å²) in [6, 6.07) is 11.1. The van der Waals surface area contributed by atoms with E-state index in [2.05, 4.69) is 10.1 Å². The van der Waals surface area contributed by atoms with Gasteiger partial charge in [-0.3, -0.25) is 4.98 Å². The zero-order chi connectivity index (χ0) is 17.3. The second-order valence-corrected chi connectivity index (χ2v) is 6.58. The molecule has 2 aromatic heterocycles. The Morgan fingerprint density at radius 3 is 2.50 bits per heavy atom. The van der Waals surface area contributed by atoms with Crippen LogP contribution >= 0.6 is 35.4 Å². The van der Waals surface area contributed by atoms with Crippen molar-refractivity contribution in [3.63, 3.8) is 0 Å². The van der Waals surface area contributed by atoms with Crippen LogP contribution in [0.25, 0.3) is 11.5 Å². The summed E-state index contributed by atoms with van der Waals surface area (Å²) in [5.41, 5.74) is 1.66. The van der Waals surface area contributed by atoms with Gasteiger partial charge in [-0.15, -0.1) is 5.10 Å². The van der Waals surface area contributed by atoms with Crippen LogP contribution in [0.3, 0.4) is 0 Å². The number of rotatable bonds is 4. The maximum absolute atomic E-state index is 6.07. The number of pyridine rings is 1. The highest BCUT2D eigenvalue weighted by molar-refractivity contribution is 7.71. The van der Waals surface area contributed by atoms with Gasteiger partial charge in [0, 0.05) is 36.0 Å². The third kappa shape index (κ3) is 3.45. The highest BCUT2D eigenvalue weighted by atomic mass is 35.5. The van der Waals surface area contributed by atoms with Crippen LogP contribution in [0.4, 0.5) is 5.69 Å². The standard InChI is InChI=1S/C16H15Cl2N5S/c1-21(13-8-11(17)7-12(18)9-13)10-23-16(24)22(2)15(20-23)14-5-3-4-6-19-14/h3-9H,10H2,1-2H3. The van der Waals surface area contributed by atoms with E-state index in [4.69, 9.17) is 35.4 Å². The van der Waals surface area contributed by atoms with E-state index in [1.54, 1.807) is 16.9 Å². The molecule has 24 heavy (non-hydrogen) atoms. The summed E-state index contributed by atoms with van der Waals surface area (Å²) in [6.45, 7) is 0.468. The maximum atomic E-state index is 6.07. The minimum Gasteiger partial charge on any atom is -0.355 e. The van der Waals surface area contributed by atoms with E-state index in [1.807, 2.05) is 53.9 Å². The fourth-order valence-corrected chi connectivity index (χ4v) is 3.04. The van der Waals surface area contributed by atoms with E-state index in [9.17, 15) is 0 Å². The lowest BCUT2D eigenvalue weighted by Gasteiger charge is -2.19. The predicted octanol–water partition coefficient (Wildman–Crippen LogP) is 4.41. The molecule has 2 heterocycles. The van der Waals surface area contributed by atoms with Crippen molar-refractivity contribution in [2.24, 2.45) is 7.05 Å². The third-order valence-electron chi connectivity index (χ3n) is 3.57. The number of benzene rings is 1. The number of nitrogens with zero attached hydrogens (tertiary/aromatic N) is 5. The van der Waals surface area contributed by atoms with E-state index in [0.29, 0.717) is 21.5 Å². The molecule has 5 nitrogen and oxygen atoms in total. The molecule has 124 valence electrons. The van der Waals surface area contributed by atoms with Crippen molar-refractivity contribution in [1.82, 2.24) is 19.3 Å². The third-order valence-corrected chi connectivity index (χ3v) is 4.49. The van der Waals surface area contributed by atoms with E-state index in [0.717, 1.165) is 17.2 Å². The van der Waals surface area contributed by atoms with E-state index in [1.165, 1.54) is 0 Å². The van der Waals surface area contributed by atoms with Gasteiger partial charge in [0.15, 0.2) is 10.6 Å². The molecule has 0 fully saturated rings. The number of hydrogen-bond acceptors (Lipinski definition) is 4. The first-order valence-electron chi connectivity index (χ1n) is 7.18. The van der Waals surface area contributed by atoms with Gasteiger partial charge in [0.2, 0.25) is 0 Å². The molecule has 8 heteroatoms. The summed E-state index contributed by atoms with van der Waals surface area (Å²) < 4.78 is 4.19. The fourth-order valence-electron chi connectivity index (χ4n) is 2.34. The van der Waals surface area contributed by atoms with E-state index in [-0.39, 0.29) is 0 Å². The average Bonchev–Trinajstić information content (AvgIpc) is 2.83. The molecular weight excluding hydrogens is 365 g/mol. The quantitative estimate of drug-likeness (QED) is 0.629. The lowest BCUT2D eigenvalue weighted by molar-refractivity contribution is 0.594.